The van der Waals surface area contributed by atoms with Gasteiger partial charge in [-0.25, -0.2) is 13.1 Å². The molecule has 1 aliphatic carbocycles. The zero-order valence-corrected chi connectivity index (χ0v) is 19.4. The number of aromatic nitrogens is 4. The molecule has 0 saturated carbocycles. The Morgan fingerprint density at radius 1 is 1.06 bits per heavy atom. The summed E-state index contributed by atoms with van der Waals surface area (Å²) in [6.07, 6.45) is 9.13. The molecule has 0 N–H and O–H groups in total. The topological polar surface area (TPSA) is 81.0 Å². The van der Waals surface area contributed by atoms with E-state index in [1.165, 1.54) is 29.4 Å². The molecule has 0 atom stereocenters. The molecule has 2 aromatic carbocycles. The van der Waals surface area contributed by atoms with Gasteiger partial charge in [-0.2, -0.15) is 4.31 Å². The lowest BCUT2D eigenvalue weighted by atomic mass is 9.97. The van der Waals surface area contributed by atoms with E-state index in [9.17, 15) is 8.42 Å². The van der Waals surface area contributed by atoms with E-state index in [0.717, 1.165) is 41.6 Å². The Hall–Kier alpha value is -2.84. The lowest BCUT2D eigenvalue weighted by Crippen LogP contribution is -2.32. The highest BCUT2D eigenvalue weighted by molar-refractivity contribution is 7.89. The standard InChI is InChI=1S/C24H29N5O2S/c1-19-8-10-22(11-9-19)17-28(15-14-21-6-4-3-5-7-21)32(30,31)23-12-13-24(20(2)16-23)29-18-25-26-27-29/h6,8-13,16,18H,3-5,7,14-15,17H2,1-2H3. The van der Waals surface area contributed by atoms with Gasteiger partial charge in [-0.3, -0.25) is 0 Å². The first-order chi connectivity index (χ1) is 15.4. The molecular formula is C24H29N5O2S. The molecule has 0 fully saturated rings. The summed E-state index contributed by atoms with van der Waals surface area (Å²) in [5.74, 6) is 0. The summed E-state index contributed by atoms with van der Waals surface area (Å²) in [5, 5.41) is 11.2. The Kier molecular flexibility index (Phi) is 6.81. The number of benzene rings is 2. The number of aryl methyl sites for hydroxylation is 2. The van der Waals surface area contributed by atoms with Gasteiger partial charge in [-0.05, 0) is 85.7 Å². The van der Waals surface area contributed by atoms with Crippen LogP contribution >= 0.6 is 0 Å². The van der Waals surface area contributed by atoms with Gasteiger partial charge in [0.2, 0.25) is 10.0 Å². The smallest absolute Gasteiger partial charge is 0.207 e. The third-order valence-electron chi connectivity index (χ3n) is 5.95. The van der Waals surface area contributed by atoms with Crippen LogP contribution in [0.4, 0.5) is 0 Å². The Morgan fingerprint density at radius 2 is 1.88 bits per heavy atom. The van der Waals surface area contributed by atoms with Crippen molar-refractivity contribution in [2.24, 2.45) is 0 Å². The van der Waals surface area contributed by atoms with Crippen LogP contribution in [-0.2, 0) is 16.6 Å². The van der Waals surface area contributed by atoms with E-state index < -0.39 is 10.0 Å². The van der Waals surface area contributed by atoms with Crippen LogP contribution in [0.1, 0.15) is 48.8 Å². The second-order valence-electron chi connectivity index (χ2n) is 8.39. The fraction of sp³-hybridized carbons (Fsp3) is 0.375. The molecule has 168 valence electrons. The number of nitrogens with zero attached hydrogens (tertiary/aromatic N) is 5. The van der Waals surface area contributed by atoms with Crippen molar-refractivity contribution in [3.8, 4) is 5.69 Å². The van der Waals surface area contributed by atoms with E-state index in [2.05, 4.69) is 21.6 Å². The second-order valence-corrected chi connectivity index (χ2v) is 10.3. The minimum Gasteiger partial charge on any atom is -0.207 e. The molecule has 1 aromatic heterocycles. The Bertz CT molecular complexity index is 1190. The average Bonchev–Trinajstić information content (AvgIpc) is 3.33. The minimum atomic E-state index is -3.67. The van der Waals surface area contributed by atoms with Crippen molar-refractivity contribution < 1.29 is 8.42 Å². The number of allylic oxidation sites excluding steroid dienone is 1. The van der Waals surface area contributed by atoms with Gasteiger partial charge >= 0.3 is 0 Å². The molecule has 0 amide bonds. The fourth-order valence-corrected chi connectivity index (χ4v) is 5.56. The van der Waals surface area contributed by atoms with Crippen molar-refractivity contribution in [3.05, 3.63) is 77.1 Å². The highest BCUT2D eigenvalue weighted by Crippen LogP contribution is 2.26. The van der Waals surface area contributed by atoms with Crippen molar-refractivity contribution >= 4 is 10.0 Å². The lowest BCUT2D eigenvalue weighted by Gasteiger charge is -2.24. The molecule has 0 bridgehead atoms. The molecule has 0 unspecified atom stereocenters. The average molecular weight is 452 g/mol. The molecule has 1 aliphatic rings. The van der Waals surface area contributed by atoms with Crippen LogP contribution in [0.2, 0.25) is 0 Å². The summed E-state index contributed by atoms with van der Waals surface area (Å²) in [6, 6.07) is 13.2. The van der Waals surface area contributed by atoms with Gasteiger partial charge in [0.1, 0.15) is 6.33 Å². The van der Waals surface area contributed by atoms with Gasteiger partial charge < -0.3 is 0 Å². The van der Waals surface area contributed by atoms with Crippen LogP contribution in [0, 0.1) is 13.8 Å². The fourth-order valence-electron chi connectivity index (χ4n) is 4.05. The molecule has 32 heavy (non-hydrogen) atoms. The molecule has 3 aromatic rings. The molecule has 1 heterocycles. The van der Waals surface area contributed by atoms with Crippen LogP contribution in [0.25, 0.3) is 5.69 Å². The van der Waals surface area contributed by atoms with E-state index in [1.807, 2.05) is 38.1 Å². The first-order valence-electron chi connectivity index (χ1n) is 11.0. The Labute approximate surface area is 189 Å². The van der Waals surface area contributed by atoms with Crippen molar-refractivity contribution in [2.75, 3.05) is 6.54 Å². The molecule has 0 aliphatic heterocycles. The molecule has 0 spiro atoms. The monoisotopic (exact) mass is 451 g/mol. The van der Waals surface area contributed by atoms with Gasteiger partial charge in [-0.15, -0.1) is 5.10 Å². The van der Waals surface area contributed by atoms with Crippen LogP contribution < -0.4 is 0 Å². The van der Waals surface area contributed by atoms with Crippen molar-refractivity contribution in [1.82, 2.24) is 24.5 Å². The van der Waals surface area contributed by atoms with Crippen LogP contribution in [0.3, 0.4) is 0 Å². The first kappa shape index (κ1) is 22.4. The first-order valence-corrected chi connectivity index (χ1v) is 12.4. The predicted octanol–water partition coefficient (Wildman–Crippen LogP) is 4.36. The number of sulfonamides is 1. The number of hydrogen-bond acceptors (Lipinski definition) is 5. The van der Waals surface area contributed by atoms with Crippen LogP contribution in [0.5, 0.6) is 0 Å². The van der Waals surface area contributed by atoms with Crippen molar-refractivity contribution in [2.45, 2.75) is 57.4 Å². The summed E-state index contributed by atoms with van der Waals surface area (Å²) in [4.78, 5) is 0.288. The van der Waals surface area contributed by atoms with Gasteiger partial charge in [0.05, 0.1) is 10.6 Å². The normalized spacial score (nSPS) is 14.5. The molecular weight excluding hydrogens is 422 g/mol. The largest absolute Gasteiger partial charge is 0.243 e. The molecule has 0 radical (unpaired) electrons. The maximum Gasteiger partial charge on any atom is 0.243 e. The maximum absolute atomic E-state index is 13.7. The lowest BCUT2D eigenvalue weighted by molar-refractivity contribution is 0.406. The van der Waals surface area contributed by atoms with E-state index in [-0.39, 0.29) is 4.90 Å². The van der Waals surface area contributed by atoms with Gasteiger partial charge in [0, 0.05) is 13.1 Å². The SMILES string of the molecule is Cc1ccc(CN(CCC2=CCCCC2)S(=O)(=O)c2ccc(-n3cnnn3)c(C)c2)cc1. The quantitative estimate of drug-likeness (QED) is 0.475. The maximum atomic E-state index is 13.7. The highest BCUT2D eigenvalue weighted by Gasteiger charge is 2.26. The Morgan fingerprint density at radius 3 is 2.53 bits per heavy atom. The molecule has 8 heteroatoms. The van der Waals surface area contributed by atoms with E-state index in [1.54, 1.807) is 22.5 Å². The Balaban J connectivity index is 1.62. The molecule has 0 saturated heterocycles. The van der Waals surface area contributed by atoms with E-state index >= 15 is 0 Å². The number of rotatable bonds is 8. The van der Waals surface area contributed by atoms with Gasteiger partial charge in [0.15, 0.2) is 0 Å². The highest BCUT2D eigenvalue weighted by atomic mass is 32.2. The summed E-state index contributed by atoms with van der Waals surface area (Å²) in [6.45, 7) is 4.72. The number of tetrazole rings is 1. The molecule has 4 rings (SSSR count). The zero-order valence-electron chi connectivity index (χ0n) is 18.6. The number of hydrogen-bond donors (Lipinski definition) is 0. The summed E-state index contributed by atoms with van der Waals surface area (Å²) >= 11 is 0. The molecule has 7 nitrogen and oxygen atoms in total. The van der Waals surface area contributed by atoms with Gasteiger partial charge in [-0.1, -0.05) is 41.5 Å². The minimum absolute atomic E-state index is 0.288. The zero-order chi connectivity index (χ0) is 22.6. The summed E-state index contributed by atoms with van der Waals surface area (Å²) < 4.78 is 30.5. The van der Waals surface area contributed by atoms with Crippen LogP contribution in [-0.4, -0.2) is 39.5 Å². The van der Waals surface area contributed by atoms with Crippen molar-refractivity contribution in [1.29, 1.82) is 0 Å². The second kappa shape index (κ2) is 9.75. The third-order valence-corrected chi connectivity index (χ3v) is 7.79. The summed E-state index contributed by atoms with van der Waals surface area (Å²) in [7, 11) is -3.67. The van der Waals surface area contributed by atoms with Crippen LogP contribution in [0.15, 0.2) is 65.3 Å². The van der Waals surface area contributed by atoms with E-state index in [4.69, 9.17) is 0 Å². The van der Waals surface area contributed by atoms with Crippen molar-refractivity contribution in [3.63, 3.8) is 0 Å². The predicted molar refractivity (Wildman–Crippen MR) is 124 cm³/mol. The summed E-state index contributed by atoms with van der Waals surface area (Å²) in [5.41, 5.74) is 5.06. The third kappa shape index (κ3) is 5.14. The van der Waals surface area contributed by atoms with Gasteiger partial charge in [0.25, 0.3) is 0 Å². The van der Waals surface area contributed by atoms with E-state index in [0.29, 0.717) is 13.1 Å².